The molecule has 0 N–H and O–H groups in total. The van der Waals surface area contributed by atoms with Gasteiger partial charge in [0.15, 0.2) is 5.65 Å². The van der Waals surface area contributed by atoms with E-state index in [0.717, 1.165) is 53.6 Å². The first-order chi connectivity index (χ1) is 15.7. The maximum Gasteiger partial charge on any atom is 0.158 e. The molecule has 7 heteroatoms. The molecule has 0 saturated carbocycles. The number of fused-ring (bicyclic) bond motifs is 3. The number of anilines is 1. The lowest BCUT2D eigenvalue weighted by molar-refractivity contribution is 0.0987. The van der Waals surface area contributed by atoms with Gasteiger partial charge in [-0.25, -0.2) is 4.98 Å². The molecule has 0 unspecified atom stereocenters. The zero-order valence-electron chi connectivity index (χ0n) is 17.9. The average Bonchev–Trinajstić information content (AvgIpc) is 3.55. The summed E-state index contributed by atoms with van der Waals surface area (Å²) in [5, 5.41) is 4.90. The van der Waals surface area contributed by atoms with Crippen LogP contribution in [0.3, 0.4) is 0 Å². The maximum atomic E-state index is 5.83. The van der Waals surface area contributed by atoms with Crippen LogP contribution in [0.25, 0.3) is 16.9 Å². The third-order valence-electron chi connectivity index (χ3n) is 6.17. The SMILES string of the molecule is Cc1cccc(C=NCc2cc(N3C[C@H]4C[C@@H]3CO4)n3nc(-c4ccncc4)cc3n2)c1. The first kappa shape index (κ1) is 19.1. The zero-order chi connectivity index (χ0) is 21.5. The van der Waals surface area contributed by atoms with Gasteiger partial charge in [0.2, 0.25) is 0 Å². The van der Waals surface area contributed by atoms with Gasteiger partial charge in [0, 0.05) is 42.8 Å². The van der Waals surface area contributed by atoms with Crippen molar-refractivity contribution in [3.63, 3.8) is 0 Å². The minimum absolute atomic E-state index is 0.307. The van der Waals surface area contributed by atoms with E-state index in [1.807, 2.05) is 28.9 Å². The van der Waals surface area contributed by atoms with Crippen molar-refractivity contribution in [3.05, 3.63) is 77.7 Å². The Morgan fingerprint density at radius 2 is 2.06 bits per heavy atom. The molecule has 160 valence electrons. The third kappa shape index (κ3) is 3.54. The van der Waals surface area contributed by atoms with Gasteiger partial charge in [0.25, 0.3) is 0 Å². The van der Waals surface area contributed by atoms with Crippen LogP contribution in [0.15, 0.2) is 65.9 Å². The maximum absolute atomic E-state index is 5.83. The molecule has 2 aliphatic heterocycles. The Labute approximate surface area is 186 Å². The first-order valence-electron chi connectivity index (χ1n) is 11.0. The summed E-state index contributed by atoms with van der Waals surface area (Å²) in [5.74, 6) is 1.06. The Balaban J connectivity index is 1.38. The van der Waals surface area contributed by atoms with E-state index in [2.05, 4.69) is 52.1 Å². The molecule has 0 spiro atoms. The standard InChI is InChI=1S/C25H24N6O/c1-17-3-2-4-18(9-17)13-27-14-20-10-25(30-15-22-11-21(30)16-32-22)31-24(28-20)12-23(29-31)19-5-7-26-8-6-19/h2-10,12-13,21-22H,11,14-16H2,1H3/t21-,22-/m1/s1. The molecular weight excluding hydrogens is 400 g/mol. The molecule has 2 aliphatic rings. The number of morpholine rings is 1. The van der Waals surface area contributed by atoms with Crippen LogP contribution in [0.5, 0.6) is 0 Å². The molecule has 4 aromatic rings. The Bertz CT molecular complexity index is 1300. The van der Waals surface area contributed by atoms with E-state index in [1.165, 1.54) is 5.56 Å². The quantitative estimate of drug-likeness (QED) is 0.457. The highest BCUT2D eigenvalue weighted by molar-refractivity contribution is 5.79. The normalized spacial score (nSPS) is 20.1. The molecule has 0 amide bonds. The van der Waals surface area contributed by atoms with Crippen molar-refractivity contribution in [1.82, 2.24) is 19.6 Å². The molecule has 5 heterocycles. The van der Waals surface area contributed by atoms with Gasteiger partial charge in [-0.05, 0) is 31.0 Å². The van der Waals surface area contributed by atoms with Gasteiger partial charge < -0.3 is 9.64 Å². The molecule has 2 atom stereocenters. The van der Waals surface area contributed by atoms with E-state index in [-0.39, 0.29) is 0 Å². The summed E-state index contributed by atoms with van der Waals surface area (Å²) in [6, 6.07) is 16.8. The lowest BCUT2D eigenvalue weighted by atomic mass is 10.1. The summed E-state index contributed by atoms with van der Waals surface area (Å²) in [4.78, 5) is 16.1. The zero-order valence-corrected chi connectivity index (χ0v) is 17.9. The highest BCUT2D eigenvalue weighted by Gasteiger charge is 2.40. The molecular formula is C25H24N6O. The topological polar surface area (TPSA) is 67.9 Å². The van der Waals surface area contributed by atoms with Crippen LogP contribution in [0.2, 0.25) is 0 Å². The molecule has 3 aromatic heterocycles. The van der Waals surface area contributed by atoms with Crippen LogP contribution < -0.4 is 4.90 Å². The summed E-state index contributed by atoms with van der Waals surface area (Å²) < 4.78 is 7.79. The Kier molecular flexibility index (Phi) is 4.69. The van der Waals surface area contributed by atoms with Crippen LogP contribution in [0.4, 0.5) is 5.82 Å². The number of hydrogen-bond donors (Lipinski definition) is 0. The second-order valence-corrected chi connectivity index (χ2v) is 8.52. The van der Waals surface area contributed by atoms with Crippen molar-refractivity contribution in [3.8, 4) is 11.3 Å². The molecule has 0 aliphatic carbocycles. The summed E-state index contributed by atoms with van der Waals surface area (Å²) in [7, 11) is 0. The van der Waals surface area contributed by atoms with Gasteiger partial charge in [0.1, 0.15) is 5.82 Å². The largest absolute Gasteiger partial charge is 0.374 e. The van der Waals surface area contributed by atoms with E-state index < -0.39 is 0 Å². The molecule has 7 nitrogen and oxygen atoms in total. The Hall–Kier alpha value is -3.58. The smallest absolute Gasteiger partial charge is 0.158 e. The molecule has 6 rings (SSSR count). The first-order valence-corrected chi connectivity index (χ1v) is 11.0. The van der Waals surface area contributed by atoms with E-state index >= 15 is 0 Å². The number of aryl methyl sites for hydroxylation is 1. The Morgan fingerprint density at radius 1 is 1.16 bits per heavy atom. The van der Waals surface area contributed by atoms with Gasteiger partial charge in [-0.1, -0.05) is 29.8 Å². The lowest BCUT2D eigenvalue weighted by Crippen LogP contribution is -2.38. The predicted molar refractivity (Wildman–Crippen MR) is 124 cm³/mol. The van der Waals surface area contributed by atoms with Gasteiger partial charge in [-0.15, -0.1) is 0 Å². The van der Waals surface area contributed by atoms with Gasteiger partial charge in [0.05, 0.1) is 36.7 Å². The van der Waals surface area contributed by atoms with Crippen molar-refractivity contribution >= 4 is 17.7 Å². The monoisotopic (exact) mass is 424 g/mol. The predicted octanol–water partition coefficient (Wildman–Crippen LogP) is 3.70. The fourth-order valence-corrected chi connectivity index (χ4v) is 4.63. The number of benzene rings is 1. The molecule has 2 fully saturated rings. The van der Waals surface area contributed by atoms with Crippen LogP contribution >= 0.6 is 0 Å². The minimum atomic E-state index is 0.307. The summed E-state index contributed by atoms with van der Waals surface area (Å²) in [6.07, 6.45) is 6.87. The second-order valence-electron chi connectivity index (χ2n) is 8.52. The summed E-state index contributed by atoms with van der Waals surface area (Å²) in [5.41, 5.74) is 6.01. The molecule has 2 saturated heterocycles. The number of rotatable bonds is 5. The fraction of sp³-hybridized carbons (Fsp3) is 0.280. The highest BCUT2D eigenvalue weighted by atomic mass is 16.5. The summed E-state index contributed by atoms with van der Waals surface area (Å²) >= 11 is 0. The van der Waals surface area contributed by atoms with Crippen molar-refractivity contribution in [2.24, 2.45) is 4.99 Å². The van der Waals surface area contributed by atoms with Crippen LogP contribution in [-0.2, 0) is 11.3 Å². The molecule has 0 radical (unpaired) electrons. The van der Waals surface area contributed by atoms with Crippen LogP contribution in [0.1, 0.15) is 23.2 Å². The number of nitrogens with zero attached hydrogens (tertiary/aromatic N) is 6. The fourth-order valence-electron chi connectivity index (χ4n) is 4.63. The van der Waals surface area contributed by atoms with Crippen molar-refractivity contribution in [2.45, 2.75) is 32.0 Å². The minimum Gasteiger partial charge on any atom is -0.374 e. The number of aliphatic imine (C=N–C) groups is 1. The number of aromatic nitrogens is 4. The molecule has 32 heavy (non-hydrogen) atoms. The van der Waals surface area contributed by atoms with E-state index in [0.29, 0.717) is 18.7 Å². The number of ether oxygens (including phenoxy) is 1. The van der Waals surface area contributed by atoms with E-state index in [9.17, 15) is 0 Å². The van der Waals surface area contributed by atoms with E-state index in [4.69, 9.17) is 14.8 Å². The van der Waals surface area contributed by atoms with Crippen molar-refractivity contribution < 1.29 is 4.74 Å². The Morgan fingerprint density at radius 3 is 2.84 bits per heavy atom. The summed E-state index contributed by atoms with van der Waals surface area (Å²) in [6.45, 7) is 4.27. The van der Waals surface area contributed by atoms with E-state index in [1.54, 1.807) is 12.4 Å². The van der Waals surface area contributed by atoms with Crippen molar-refractivity contribution in [1.29, 1.82) is 0 Å². The van der Waals surface area contributed by atoms with Gasteiger partial charge >= 0.3 is 0 Å². The van der Waals surface area contributed by atoms with Gasteiger partial charge in [-0.3, -0.25) is 9.98 Å². The molecule has 2 bridgehead atoms. The number of hydrogen-bond acceptors (Lipinski definition) is 6. The van der Waals surface area contributed by atoms with Crippen LogP contribution in [-0.4, -0.2) is 51.1 Å². The lowest BCUT2D eigenvalue weighted by Gasteiger charge is -2.29. The van der Waals surface area contributed by atoms with Gasteiger partial charge in [-0.2, -0.15) is 9.61 Å². The molecule has 1 aromatic carbocycles. The third-order valence-corrected chi connectivity index (χ3v) is 6.17. The van der Waals surface area contributed by atoms with Crippen molar-refractivity contribution in [2.75, 3.05) is 18.1 Å². The highest BCUT2D eigenvalue weighted by Crippen LogP contribution is 2.33. The second kappa shape index (κ2) is 7.84. The average molecular weight is 425 g/mol. The van der Waals surface area contributed by atoms with Crippen LogP contribution in [0, 0.1) is 6.92 Å². The number of pyridine rings is 1.